The largest absolute Gasteiger partial charge is 0.493 e. The summed E-state index contributed by atoms with van der Waals surface area (Å²) in [7, 11) is 4.88. The third-order valence-electron chi connectivity index (χ3n) is 3.13. The van der Waals surface area contributed by atoms with E-state index in [1.54, 1.807) is 44.4 Å². The molecule has 20 heavy (non-hydrogen) atoms. The molecule has 1 amide bonds. The Morgan fingerprint density at radius 2 is 1.85 bits per heavy atom. The summed E-state index contributed by atoms with van der Waals surface area (Å²) in [5.41, 5.74) is 0.576. The zero-order valence-electron chi connectivity index (χ0n) is 12.4. The molecule has 5 heteroatoms. The van der Waals surface area contributed by atoms with Crippen molar-refractivity contribution >= 4 is 5.91 Å². The number of methoxy groups -OCH3 is 2. The van der Waals surface area contributed by atoms with Gasteiger partial charge in [0.2, 0.25) is 0 Å². The van der Waals surface area contributed by atoms with Crippen molar-refractivity contribution in [1.82, 2.24) is 4.90 Å². The van der Waals surface area contributed by atoms with Crippen molar-refractivity contribution in [3.63, 3.8) is 0 Å². The number of carbonyl (C=O) groups excluding carboxylic acids is 1. The highest BCUT2D eigenvalue weighted by Crippen LogP contribution is 2.27. The Kier molecular flexibility index (Phi) is 6.87. The Hall–Kier alpha value is -1.75. The minimum absolute atomic E-state index is 0.0463. The number of aliphatic hydroxyl groups is 1. The van der Waals surface area contributed by atoms with E-state index >= 15 is 0 Å². The number of benzene rings is 1. The van der Waals surface area contributed by atoms with E-state index in [0.29, 0.717) is 23.6 Å². The van der Waals surface area contributed by atoms with Crippen LogP contribution in [0.3, 0.4) is 0 Å². The third-order valence-corrected chi connectivity index (χ3v) is 3.13. The first-order valence-electron chi connectivity index (χ1n) is 6.72. The number of carbonyl (C=O) groups is 1. The zero-order valence-corrected chi connectivity index (χ0v) is 12.4. The predicted octanol–water partition coefficient (Wildman–Crippen LogP) is 1.94. The molecule has 112 valence electrons. The van der Waals surface area contributed by atoms with Crippen LogP contribution in [0.4, 0.5) is 0 Å². The van der Waals surface area contributed by atoms with Gasteiger partial charge in [0.05, 0.1) is 14.2 Å². The second-order valence-corrected chi connectivity index (χ2v) is 4.58. The first-order chi connectivity index (χ1) is 9.63. The maximum absolute atomic E-state index is 12.3. The topological polar surface area (TPSA) is 59.0 Å². The van der Waals surface area contributed by atoms with Crippen LogP contribution in [0.1, 0.15) is 29.6 Å². The van der Waals surface area contributed by atoms with Gasteiger partial charge in [0, 0.05) is 25.8 Å². The predicted molar refractivity (Wildman–Crippen MR) is 77.4 cm³/mol. The molecule has 1 N–H and O–H groups in total. The van der Waals surface area contributed by atoms with Crippen LogP contribution in [0.2, 0.25) is 0 Å². The lowest BCUT2D eigenvalue weighted by atomic mass is 10.1. The van der Waals surface area contributed by atoms with Crippen molar-refractivity contribution in [2.75, 3.05) is 34.4 Å². The van der Waals surface area contributed by atoms with Gasteiger partial charge in [0.1, 0.15) is 0 Å². The smallest absolute Gasteiger partial charge is 0.253 e. The summed E-state index contributed by atoms with van der Waals surface area (Å²) in [4.78, 5) is 13.9. The molecule has 0 radical (unpaired) electrons. The summed E-state index contributed by atoms with van der Waals surface area (Å²) in [6, 6.07) is 5.14. The van der Waals surface area contributed by atoms with Gasteiger partial charge in [-0.1, -0.05) is 0 Å². The summed E-state index contributed by atoms with van der Waals surface area (Å²) >= 11 is 0. The molecule has 5 nitrogen and oxygen atoms in total. The molecule has 0 aliphatic carbocycles. The molecule has 0 spiro atoms. The zero-order chi connectivity index (χ0) is 15.0. The Bertz CT molecular complexity index is 434. The van der Waals surface area contributed by atoms with Gasteiger partial charge in [-0.2, -0.15) is 0 Å². The van der Waals surface area contributed by atoms with Crippen LogP contribution in [-0.4, -0.2) is 50.3 Å². The lowest BCUT2D eigenvalue weighted by molar-refractivity contribution is 0.0791. The van der Waals surface area contributed by atoms with Gasteiger partial charge in [-0.3, -0.25) is 4.79 Å². The van der Waals surface area contributed by atoms with Gasteiger partial charge in [-0.15, -0.1) is 0 Å². The molecule has 0 saturated carbocycles. The van der Waals surface area contributed by atoms with E-state index < -0.39 is 0 Å². The number of rotatable bonds is 8. The van der Waals surface area contributed by atoms with Crippen molar-refractivity contribution < 1.29 is 19.4 Å². The minimum atomic E-state index is -0.0463. The average Bonchev–Trinajstić information content (AvgIpc) is 2.49. The average molecular weight is 281 g/mol. The highest BCUT2D eigenvalue weighted by atomic mass is 16.5. The summed E-state index contributed by atoms with van der Waals surface area (Å²) in [6.45, 7) is 0.876. The van der Waals surface area contributed by atoms with E-state index in [9.17, 15) is 4.79 Å². The summed E-state index contributed by atoms with van der Waals surface area (Å²) in [6.07, 6.45) is 2.58. The fourth-order valence-electron chi connectivity index (χ4n) is 1.93. The third kappa shape index (κ3) is 4.42. The quantitative estimate of drug-likeness (QED) is 0.740. The van der Waals surface area contributed by atoms with E-state index in [4.69, 9.17) is 14.6 Å². The Morgan fingerprint density at radius 1 is 1.15 bits per heavy atom. The van der Waals surface area contributed by atoms with Gasteiger partial charge in [0.25, 0.3) is 5.91 Å². The van der Waals surface area contributed by atoms with E-state index in [-0.39, 0.29) is 12.5 Å². The maximum atomic E-state index is 12.3. The molecule has 0 aromatic heterocycles. The van der Waals surface area contributed by atoms with Crippen LogP contribution >= 0.6 is 0 Å². The normalized spacial score (nSPS) is 10.2. The van der Waals surface area contributed by atoms with Crippen molar-refractivity contribution in [3.8, 4) is 11.5 Å². The van der Waals surface area contributed by atoms with E-state index in [1.165, 1.54) is 0 Å². The SMILES string of the molecule is COc1ccc(C(=O)N(C)CCCCCO)cc1OC. The lowest BCUT2D eigenvalue weighted by Crippen LogP contribution is -2.27. The van der Waals surface area contributed by atoms with Gasteiger partial charge < -0.3 is 19.5 Å². The molecular formula is C15H23NO4. The summed E-state index contributed by atoms with van der Waals surface area (Å²) < 4.78 is 10.3. The molecule has 0 aliphatic rings. The van der Waals surface area contributed by atoms with Crippen molar-refractivity contribution in [2.24, 2.45) is 0 Å². The van der Waals surface area contributed by atoms with Crippen LogP contribution in [0, 0.1) is 0 Å². The highest BCUT2D eigenvalue weighted by Gasteiger charge is 2.14. The minimum Gasteiger partial charge on any atom is -0.493 e. The molecule has 0 bridgehead atoms. The standard InChI is InChI=1S/C15H23NO4/c1-16(9-5-4-6-10-17)15(18)12-7-8-13(19-2)14(11-12)20-3/h7-8,11,17H,4-6,9-10H2,1-3H3. The maximum Gasteiger partial charge on any atom is 0.253 e. The van der Waals surface area contributed by atoms with Crippen LogP contribution in [-0.2, 0) is 0 Å². The highest BCUT2D eigenvalue weighted by molar-refractivity contribution is 5.94. The number of aliphatic hydroxyl groups excluding tert-OH is 1. The molecule has 0 heterocycles. The number of nitrogens with zero attached hydrogens (tertiary/aromatic N) is 1. The fraction of sp³-hybridized carbons (Fsp3) is 0.533. The number of unbranched alkanes of at least 4 members (excludes halogenated alkanes) is 2. The molecule has 0 fully saturated rings. The molecule has 0 aliphatic heterocycles. The summed E-state index contributed by atoms with van der Waals surface area (Å²) in [5.74, 6) is 1.11. The Balaban J connectivity index is 2.66. The van der Waals surface area contributed by atoms with Crippen LogP contribution in [0.5, 0.6) is 11.5 Å². The summed E-state index contributed by atoms with van der Waals surface area (Å²) in [5, 5.41) is 8.72. The van der Waals surface area contributed by atoms with Crippen molar-refractivity contribution in [3.05, 3.63) is 23.8 Å². The molecule has 0 saturated heterocycles. The number of ether oxygens (including phenoxy) is 2. The molecular weight excluding hydrogens is 258 g/mol. The Morgan fingerprint density at radius 3 is 2.45 bits per heavy atom. The van der Waals surface area contributed by atoms with E-state index in [2.05, 4.69) is 0 Å². The monoisotopic (exact) mass is 281 g/mol. The van der Waals surface area contributed by atoms with Gasteiger partial charge in [-0.05, 0) is 37.5 Å². The van der Waals surface area contributed by atoms with Crippen molar-refractivity contribution in [2.45, 2.75) is 19.3 Å². The first-order valence-corrected chi connectivity index (χ1v) is 6.72. The number of amides is 1. The molecule has 1 aromatic carbocycles. The number of hydrogen-bond acceptors (Lipinski definition) is 4. The first kappa shape index (κ1) is 16.3. The number of hydrogen-bond donors (Lipinski definition) is 1. The van der Waals surface area contributed by atoms with Gasteiger partial charge in [0.15, 0.2) is 11.5 Å². The second kappa shape index (κ2) is 8.43. The molecule has 0 atom stereocenters. The van der Waals surface area contributed by atoms with E-state index in [0.717, 1.165) is 19.3 Å². The van der Waals surface area contributed by atoms with Crippen LogP contribution in [0.15, 0.2) is 18.2 Å². The Labute approximate surface area is 120 Å². The molecule has 1 rings (SSSR count). The van der Waals surface area contributed by atoms with Gasteiger partial charge in [-0.25, -0.2) is 0 Å². The van der Waals surface area contributed by atoms with Crippen molar-refractivity contribution in [1.29, 1.82) is 0 Å². The van der Waals surface area contributed by atoms with E-state index in [1.807, 2.05) is 0 Å². The lowest BCUT2D eigenvalue weighted by Gasteiger charge is -2.18. The van der Waals surface area contributed by atoms with Crippen LogP contribution < -0.4 is 9.47 Å². The second-order valence-electron chi connectivity index (χ2n) is 4.58. The fourth-order valence-corrected chi connectivity index (χ4v) is 1.93. The molecule has 1 aromatic rings. The van der Waals surface area contributed by atoms with Crippen LogP contribution in [0.25, 0.3) is 0 Å². The molecule has 0 unspecified atom stereocenters. The van der Waals surface area contributed by atoms with Gasteiger partial charge >= 0.3 is 0 Å².